The average Bonchev–Trinajstić information content (AvgIpc) is 3.29. The van der Waals surface area contributed by atoms with Gasteiger partial charge >= 0.3 is 0 Å². The van der Waals surface area contributed by atoms with Gasteiger partial charge in [-0.15, -0.1) is 0 Å². The molecule has 0 atom stereocenters. The van der Waals surface area contributed by atoms with Gasteiger partial charge in [0.2, 0.25) is 17.8 Å². The number of halogens is 1. The second-order valence-electron chi connectivity index (χ2n) is 9.02. The quantitative estimate of drug-likeness (QED) is 0.377. The van der Waals surface area contributed by atoms with E-state index < -0.39 is 0 Å². The van der Waals surface area contributed by atoms with Gasteiger partial charge in [-0.05, 0) is 56.0 Å². The Morgan fingerprint density at radius 1 is 1.00 bits per heavy atom. The number of hydrogen-bond acceptors (Lipinski definition) is 7. The highest BCUT2D eigenvalue weighted by molar-refractivity contribution is 5.60. The SMILES string of the molecule is CCn1cccc1CNc1nc(NCC2CCCCC2)nc(Nc2ccc(N(C)C)c(F)c2)n1. The minimum Gasteiger partial charge on any atom is -0.375 e. The zero-order valence-corrected chi connectivity index (χ0v) is 20.3. The normalized spacial score (nSPS) is 14.1. The number of rotatable bonds is 10. The molecule has 1 aliphatic rings. The van der Waals surface area contributed by atoms with Crippen LogP contribution >= 0.6 is 0 Å². The summed E-state index contributed by atoms with van der Waals surface area (Å²) in [5.74, 6) is 1.68. The van der Waals surface area contributed by atoms with E-state index in [0.717, 1.165) is 18.8 Å². The summed E-state index contributed by atoms with van der Waals surface area (Å²) < 4.78 is 16.6. The van der Waals surface area contributed by atoms with Crippen LogP contribution < -0.4 is 20.9 Å². The third-order valence-electron chi connectivity index (χ3n) is 6.29. The number of nitrogens with zero attached hydrogens (tertiary/aromatic N) is 5. The predicted molar refractivity (Wildman–Crippen MR) is 136 cm³/mol. The predicted octanol–water partition coefficient (Wildman–Crippen LogP) is 5.25. The average molecular weight is 467 g/mol. The Balaban J connectivity index is 1.52. The molecule has 4 rings (SSSR count). The van der Waals surface area contributed by atoms with E-state index in [9.17, 15) is 4.39 Å². The molecule has 8 nitrogen and oxygen atoms in total. The number of hydrogen-bond donors (Lipinski definition) is 3. The van der Waals surface area contributed by atoms with Crippen molar-refractivity contribution in [2.75, 3.05) is 41.5 Å². The van der Waals surface area contributed by atoms with Crippen LogP contribution in [0.25, 0.3) is 0 Å². The maximum Gasteiger partial charge on any atom is 0.233 e. The van der Waals surface area contributed by atoms with Crippen LogP contribution in [0.3, 0.4) is 0 Å². The summed E-state index contributed by atoms with van der Waals surface area (Å²) >= 11 is 0. The van der Waals surface area contributed by atoms with Gasteiger partial charge in [0.15, 0.2) is 0 Å². The smallest absolute Gasteiger partial charge is 0.233 e. The van der Waals surface area contributed by atoms with E-state index in [1.807, 2.05) is 26.2 Å². The third kappa shape index (κ3) is 6.15. The van der Waals surface area contributed by atoms with Crippen molar-refractivity contribution < 1.29 is 4.39 Å². The van der Waals surface area contributed by atoms with Gasteiger partial charge in [-0.1, -0.05) is 19.3 Å². The van der Waals surface area contributed by atoms with Crippen LogP contribution in [0.4, 0.5) is 33.6 Å². The number of nitrogens with one attached hydrogen (secondary N) is 3. The molecule has 1 fully saturated rings. The van der Waals surface area contributed by atoms with Crippen LogP contribution in [0, 0.1) is 11.7 Å². The van der Waals surface area contributed by atoms with E-state index in [1.54, 1.807) is 11.0 Å². The summed E-state index contributed by atoms with van der Waals surface area (Å²) in [7, 11) is 3.63. The molecule has 0 amide bonds. The maximum absolute atomic E-state index is 14.5. The van der Waals surface area contributed by atoms with E-state index in [-0.39, 0.29) is 5.82 Å². The van der Waals surface area contributed by atoms with Crippen molar-refractivity contribution in [1.29, 1.82) is 0 Å². The summed E-state index contributed by atoms with van der Waals surface area (Å²) in [6.07, 6.45) is 8.43. The first-order valence-corrected chi connectivity index (χ1v) is 12.1. The molecule has 182 valence electrons. The van der Waals surface area contributed by atoms with Gasteiger partial charge in [0.25, 0.3) is 0 Å². The lowest BCUT2D eigenvalue weighted by Gasteiger charge is -2.22. The lowest BCUT2D eigenvalue weighted by molar-refractivity contribution is 0.373. The van der Waals surface area contributed by atoms with Gasteiger partial charge in [-0.3, -0.25) is 0 Å². The molecule has 3 aromatic rings. The molecule has 1 aliphatic carbocycles. The first kappa shape index (κ1) is 23.8. The summed E-state index contributed by atoms with van der Waals surface area (Å²) in [4.78, 5) is 15.4. The lowest BCUT2D eigenvalue weighted by atomic mass is 9.89. The fourth-order valence-corrected chi connectivity index (χ4v) is 4.38. The summed E-state index contributed by atoms with van der Waals surface area (Å²) in [5, 5.41) is 9.86. The number of aryl methyl sites for hydroxylation is 1. The Hall–Kier alpha value is -3.36. The molecule has 2 aromatic heterocycles. The molecule has 9 heteroatoms. The number of aromatic nitrogens is 4. The highest BCUT2D eigenvalue weighted by Crippen LogP contribution is 2.25. The van der Waals surface area contributed by atoms with Crippen molar-refractivity contribution in [3.05, 3.63) is 48.0 Å². The lowest BCUT2D eigenvalue weighted by Crippen LogP contribution is -2.19. The molecule has 3 N–H and O–H groups in total. The monoisotopic (exact) mass is 466 g/mol. The van der Waals surface area contributed by atoms with Crippen LogP contribution in [0.1, 0.15) is 44.7 Å². The molecular weight excluding hydrogens is 431 g/mol. The highest BCUT2D eigenvalue weighted by Gasteiger charge is 2.15. The van der Waals surface area contributed by atoms with Crippen molar-refractivity contribution in [3.8, 4) is 0 Å². The zero-order valence-electron chi connectivity index (χ0n) is 20.3. The van der Waals surface area contributed by atoms with Gasteiger partial charge in [0, 0.05) is 44.8 Å². The van der Waals surface area contributed by atoms with Crippen LogP contribution in [-0.4, -0.2) is 40.2 Å². The maximum atomic E-state index is 14.5. The standard InChI is InChI=1S/C25H35FN8/c1-4-34-14-8-11-20(34)17-28-24-30-23(27-16-18-9-6-5-7-10-18)31-25(32-24)29-19-12-13-22(33(2)3)21(26)15-19/h8,11-15,18H,4-7,9-10,16-17H2,1-3H3,(H3,27,28,29,30,31,32). The second-order valence-corrected chi connectivity index (χ2v) is 9.02. The molecule has 2 heterocycles. The summed E-state index contributed by atoms with van der Waals surface area (Å²) in [6, 6.07) is 9.12. The summed E-state index contributed by atoms with van der Waals surface area (Å²) in [5.41, 5.74) is 2.26. The fourth-order valence-electron chi connectivity index (χ4n) is 4.38. The largest absolute Gasteiger partial charge is 0.375 e. The molecule has 34 heavy (non-hydrogen) atoms. The van der Waals surface area contributed by atoms with E-state index in [2.05, 4.69) is 54.7 Å². The molecule has 1 saturated carbocycles. The van der Waals surface area contributed by atoms with Crippen molar-refractivity contribution in [2.45, 2.75) is 52.1 Å². The van der Waals surface area contributed by atoms with E-state index in [0.29, 0.717) is 41.7 Å². The zero-order chi connectivity index (χ0) is 23.9. The highest BCUT2D eigenvalue weighted by atomic mass is 19.1. The van der Waals surface area contributed by atoms with E-state index in [4.69, 9.17) is 0 Å². The molecule has 1 aromatic carbocycles. The summed E-state index contributed by atoms with van der Waals surface area (Å²) in [6.45, 7) is 4.45. The minimum atomic E-state index is -0.307. The molecule has 0 unspecified atom stereocenters. The molecule has 0 bridgehead atoms. The van der Waals surface area contributed by atoms with Crippen molar-refractivity contribution >= 4 is 29.2 Å². The van der Waals surface area contributed by atoms with E-state index >= 15 is 0 Å². The van der Waals surface area contributed by atoms with Gasteiger partial charge in [0.05, 0.1) is 12.2 Å². The first-order valence-electron chi connectivity index (χ1n) is 12.1. The van der Waals surface area contributed by atoms with Crippen LogP contribution in [0.2, 0.25) is 0 Å². The Morgan fingerprint density at radius 3 is 2.44 bits per heavy atom. The van der Waals surface area contributed by atoms with Crippen LogP contribution in [0.5, 0.6) is 0 Å². The molecule has 0 spiro atoms. The third-order valence-corrected chi connectivity index (χ3v) is 6.29. The molecule has 0 radical (unpaired) electrons. The molecule has 0 saturated heterocycles. The van der Waals surface area contributed by atoms with Crippen molar-refractivity contribution in [2.24, 2.45) is 5.92 Å². The minimum absolute atomic E-state index is 0.307. The Kier molecular flexibility index (Phi) is 7.82. The fraction of sp³-hybridized carbons (Fsp3) is 0.480. The van der Waals surface area contributed by atoms with Crippen molar-refractivity contribution in [1.82, 2.24) is 19.5 Å². The van der Waals surface area contributed by atoms with Gasteiger partial charge in [0.1, 0.15) is 5.82 Å². The Bertz CT molecular complexity index is 1070. The second kappa shape index (κ2) is 11.2. The van der Waals surface area contributed by atoms with Crippen LogP contribution in [0.15, 0.2) is 36.5 Å². The Morgan fingerprint density at radius 2 is 1.74 bits per heavy atom. The van der Waals surface area contributed by atoms with Gasteiger partial charge in [-0.2, -0.15) is 15.0 Å². The number of anilines is 5. The first-order chi connectivity index (χ1) is 16.5. The molecule has 0 aliphatic heterocycles. The molecular formula is C25H35FN8. The topological polar surface area (TPSA) is 82.9 Å². The van der Waals surface area contributed by atoms with Gasteiger partial charge < -0.3 is 25.4 Å². The number of benzene rings is 1. The van der Waals surface area contributed by atoms with E-state index in [1.165, 1.54) is 38.2 Å². The Labute approximate surface area is 201 Å². The van der Waals surface area contributed by atoms with Gasteiger partial charge in [-0.25, -0.2) is 4.39 Å². The van der Waals surface area contributed by atoms with Crippen LogP contribution in [-0.2, 0) is 13.1 Å². The van der Waals surface area contributed by atoms with Crippen molar-refractivity contribution in [3.63, 3.8) is 0 Å².